The number of hydrogen-bond acceptors (Lipinski definition) is 4. The fraction of sp³-hybridized carbons (Fsp3) is 0.296. The Morgan fingerprint density at radius 1 is 0.906 bits per heavy atom. The molecule has 32 heavy (non-hydrogen) atoms. The summed E-state index contributed by atoms with van der Waals surface area (Å²) in [6.07, 6.45) is 0.947. The van der Waals surface area contributed by atoms with Crippen LogP contribution in [0.1, 0.15) is 33.8 Å². The van der Waals surface area contributed by atoms with Crippen molar-refractivity contribution < 1.29 is 4.79 Å². The second-order valence-electron chi connectivity index (χ2n) is 9.08. The number of anilines is 2. The normalized spacial score (nSPS) is 23.1. The van der Waals surface area contributed by atoms with Gasteiger partial charge in [-0.1, -0.05) is 42.5 Å². The summed E-state index contributed by atoms with van der Waals surface area (Å²) in [6, 6.07) is 26.3. The highest BCUT2D eigenvalue weighted by molar-refractivity contribution is 6.04. The van der Waals surface area contributed by atoms with Crippen molar-refractivity contribution in [2.24, 2.45) is 5.73 Å². The van der Waals surface area contributed by atoms with E-state index in [1.807, 2.05) is 54.6 Å². The molecule has 5 nitrogen and oxygen atoms in total. The average molecular weight is 427 g/mol. The lowest BCUT2D eigenvalue weighted by molar-refractivity contribution is 0.102. The summed E-state index contributed by atoms with van der Waals surface area (Å²) < 4.78 is 0. The van der Waals surface area contributed by atoms with Crippen LogP contribution < -0.4 is 16.0 Å². The predicted octanol–water partition coefficient (Wildman–Crippen LogP) is 4.03. The van der Waals surface area contributed by atoms with Crippen molar-refractivity contribution in [3.63, 3.8) is 0 Å². The Labute approximate surface area is 189 Å². The first-order valence-corrected chi connectivity index (χ1v) is 11.3. The first kappa shape index (κ1) is 20.7. The van der Waals surface area contributed by atoms with E-state index >= 15 is 0 Å². The third-order valence-electron chi connectivity index (χ3n) is 6.88. The lowest BCUT2D eigenvalue weighted by Crippen LogP contribution is -2.44. The molecular weight excluding hydrogens is 396 g/mol. The van der Waals surface area contributed by atoms with Crippen molar-refractivity contribution in [1.82, 2.24) is 4.90 Å². The van der Waals surface area contributed by atoms with Gasteiger partial charge in [0.25, 0.3) is 5.91 Å². The Hall–Kier alpha value is -3.15. The molecule has 5 heteroatoms. The van der Waals surface area contributed by atoms with E-state index in [1.54, 1.807) is 0 Å². The van der Waals surface area contributed by atoms with Crippen LogP contribution in [0.4, 0.5) is 11.4 Å². The number of benzene rings is 3. The van der Waals surface area contributed by atoms with Crippen LogP contribution >= 0.6 is 0 Å². The van der Waals surface area contributed by atoms with Gasteiger partial charge >= 0.3 is 0 Å². The molecule has 2 fully saturated rings. The highest BCUT2D eigenvalue weighted by Crippen LogP contribution is 2.56. The molecule has 5 rings (SSSR count). The van der Waals surface area contributed by atoms with Gasteiger partial charge < -0.3 is 20.9 Å². The van der Waals surface area contributed by atoms with Gasteiger partial charge in [-0.15, -0.1) is 0 Å². The van der Waals surface area contributed by atoms with Crippen molar-refractivity contribution in [2.75, 3.05) is 43.4 Å². The summed E-state index contributed by atoms with van der Waals surface area (Å²) in [5, 5.41) is 3.01. The minimum Gasteiger partial charge on any atom is -0.369 e. The zero-order valence-electron chi connectivity index (χ0n) is 18.5. The van der Waals surface area contributed by atoms with Crippen LogP contribution in [0, 0.1) is 0 Å². The Kier molecular flexibility index (Phi) is 5.45. The molecule has 1 amide bonds. The molecule has 1 saturated heterocycles. The van der Waals surface area contributed by atoms with E-state index in [2.05, 4.69) is 46.4 Å². The number of hydrogen-bond donors (Lipinski definition) is 2. The Morgan fingerprint density at radius 2 is 1.56 bits per heavy atom. The molecule has 2 atom stereocenters. The molecule has 0 radical (unpaired) electrons. The van der Waals surface area contributed by atoms with E-state index in [1.165, 1.54) is 16.8 Å². The van der Waals surface area contributed by atoms with Gasteiger partial charge in [0.15, 0.2) is 0 Å². The van der Waals surface area contributed by atoms with Gasteiger partial charge in [0.05, 0.1) is 0 Å². The molecular formula is C27H30N4O. The first-order valence-electron chi connectivity index (χ1n) is 11.3. The van der Waals surface area contributed by atoms with Gasteiger partial charge in [0.2, 0.25) is 0 Å². The van der Waals surface area contributed by atoms with Crippen LogP contribution in [0.2, 0.25) is 0 Å². The second-order valence-corrected chi connectivity index (χ2v) is 9.08. The molecule has 3 aromatic carbocycles. The van der Waals surface area contributed by atoms with E-state index in [0.717, 1.165) is 38.3 Å². The van der Waals surface area contributed by atoms with E-state index in [4.69, 9.17) is 5.73 Å². The molecule has 0 spiro atoms. The maximum atomic E-state index is 12.7. The quantitative estimate of drug-likeness (QED) is 0.647. The number of nitrogens with zero attached hydrogens (tertiary/aromatic N) is 2. The SMILES string of the molecule is CN1CCN(c2ccc(C(=O)Nc3ccc([C@@H]4C[C@]4(N)c4ccccc4)cc3)cc2)CC1. The standard InChI is InChI=1S/C27H30N4O/c1-30-15-17-31(18-16-30)24-13-9-21(10-14-24)26(32)29-23-11-7-20(8-12-23)25-19-27(25,28)22-5-3-2-4-6-22/h2-14,25H,15-19,28H2,1H3,(H,29,32)/t25-,27-/m0/s1. The Balaban J connectivity index is 1.20. The van der Waals surface area contributed by atoms with Crippen molar-refractivity contribution in [3.8, 4) is 0 Å². The van der Waals surface area contributed by atoms with Crippen LogP contribution in [0.3, 0.4) is 0 Å². The number of rotatable bonds is 5. The third-order valence-corrected chi connectivity index (χ3v) is 6.88. The molecule has 0 aromatic heterocycles. The van der Waals surface area contributed by atoms with Gasteiger partial charge in [-0.2, -0.15) is 0 Å². The molecule has 1 heterocycles. The minimum atomic E-state index is -0.280. The molecule has 0 bridgehead atoms. The summed E-state index contributed by atoms with van der Waals surface area (Å²) in [5.41, 5.74) is 11.4. The number of nitrogens with one attached hydrogen (secondary N) is 1. The van der Waals surface area contributed by atoms with Crippen LogP contribution in [0.25, 0.3) is 0 Å². The van der Waals surface area contributed by atoms with Crippen molar-refractivity contribution in [1.29, 1.82) is 0 Å². The zero-order chi connectivity index (χ0) is 22.1. The topological polar surface area (TPSA) is 61.6 Å². The van der Waals surface area contributed by atoms with E-state index in [0.29, 0.717) is 11.5 Å². The van der Waals surface area contributed by atoms with E-state index in [-0.39, 0.29) is 11.4 Å². The molecule has 3 aromatic rings. The number of piperazine rings is 1. The predicted molar refractivity (Wildman–Crippen MR) is 130 cm³/mol. The molecule has 1 saturated carbocycles. The molecule has 0 unspecified atom stereocenters. The number of carbonyl (C=O) groups excluding carboxylic acids is 1. The fourth-order valence-electron chi connectivity index (χ4n) is 4.65. The van der Waals surface area contributed by atoms with Crippen LogP contribution in [0.15, 0.2) is 78.9 Å². The van der Waals surface area contributed by atoms with Crippen molar-refractivity contribution in [3.05, 3.63) is 95.6 Å². The lowest BCUT2D eigenvalue weighted by atomic mass is 9.99. The average Bonchev–Trinajstić information content (AvgIpc) is 3.53. The van der Waals surface area contributed by atoms with Crippen LogP contribution in [-0.2, 0) is 5.54 Å². The maximum Gasteiger partial charge on any atom is 0.255 e. The van der Waals surface area contributed by atoms with Crippen molar-refractivity contribution in [2.45, 2.75) is 17.9 Å². The minimum absolute atomic E-state index is 0.0912. The fourth-order valence-corrected chi connectivity index (χ4v) is 4.65. The van der Waals surface area contributed by atoms with Gasteiger partial charge in [-0.3, -0.25) is 4.79 Å². The molecule has 1 aliphatic carbocycles. The van der Waals surface area contributed by atoms with E-state index < -0.39 is 0 Å². The summed E-state index contributed by atoms with van der Waals surface area (Å²) in [6.45, 7) is 4.17. The monoisotopic (exact) mass is 426 g/mol. The maximum absolute atomic E-state index is 12.7. The number of nitrogens with two attached hydrogens (primary N) is 1. The summed E-state index contributed by atoms with van der Waals surface area (Å²) in [5.74, 6) is 0.225. The van der Waals surface area contributed by atoms with Crippen LogP contribution in [-0.4, -0.2) is 44.0 Å². The highest BCUT2D eigenvalue weighted by atomic mass is 16.1. The van der Waals surface area contributed by atoms with Gasteiger partial charge in [-0.25, -0.2) is 0 Å². The molecule has 2 aliphatic rings. The highest BCUT2D eigenvalue weighted by Gasteiger charge is 2.52. The number of amides is 1. The number of carbonyl (C=O) groups is 1. The van der Waals surface area contributed by atoms with Gasteiger partial charge in [0.1, 0.15) is 0 Å². The molecule has 164 valence electrons. The first-order chi connectivity index (χ1) is 15.5. The molecule has 1 aliphatic heterocycles. The summed E-state index contributed by atoms with van der Waals surface area (Å²) in [7, 11) is 2.15. The van der Waals surface area contributed by atoms with Crippen molar-refractivity contribution >= 4 is 17.3 Å². The van der Waals surface area contributed by atoms with Crippen LogP contribution in [0.5, 0.6) is 0 Å². The largest absolute Gasteiger partial charge is 0.369 e. The Bertz CT molecular complexity index is 1070. The lowest BCUT2D eigenvalue weighted by Gasteiger charge is -2.34. The molecule has 3 N–H and O–H groups in total. The van der Waals surface area contributed by atoms with E-state index in [9.17, 15) is 4.79 Å². The van der Waals surface area contributed by atoms with Gasteiger partial charge in [0, 0.05) is 54.6 Å². The third kappa shape index (κ3) is 4.14. The Morgan fingerprint density at radius 3 is 2.22 bits per heavy atom. The number of likely N-dealkylation sites (N-methyl/N-ethyl adjacent to an activating group) is 1. The second kappa shape index (κ2) is 8.41. The summed E-state index contributed by atoms with van der Waals surface area (Å²) >= 11 is 0. The summed E-state index contributed by atoms with van der Waals surface area (Å²) in [4.78, 5) is 17.4. The van der Waals surface area contributed by atoms with Gasteiger partial charge in [-0.05, 0) is 61.0 Å². The zero-order valence-corrected chi connectivity index (χ0v) is 18.5. The smallest absolute Gasteiger partial charge is 0.255 e.